The Bertz CT molecular complexity index is 407. The van der Waals surface area contributed by atoms with Gasteiger partial charge in [-0.2, -0.15) is 0 Å². The van der Waals surface area contributed by atoms with Crippen LogP contribution in [0.2, 0.25) is 0 Å². The Balaban J connectivity index is 3.53. The number of nitrogens with zero attached hydrogens (tertiary/aromatic N) is 3. The maximum Gasteiger partial charge on any atom is 0.437 e. The van der Waals surface area contributed by atoms with E-state index in [1.54, 1.807) is 0 Å². The highest BCUT2D eigenvalue weighted by Crippen LogP contribution is 2.34. The van der Waals surface area contributed by atoms with Crippen LogP contribution in [-0.4, -0.2) is 24.2 Å². The van der Waals surface area contributed by atoms with E-state index in [1.807, 2.05) is 0 Å². The number of nitro groups is 1. The molecule has 9 nitrogen and oxygen atoms in total. The Labute approximate surface area is 83.7 Å². The van der Waals surface area contributed by atoms with E-state index >= 15 is 0 Å². The van der Waals surface area contributed by atoms with Crippen molar-refractivity contribution >= 4 is 11.4 Å². The third-order valence-corrected chi connectivity index (χ3v) is 1.61. The summed E-state index contributed by atoms with van der Waals surface area (Å²) in [7, 11) is 2.29. The molecule has 0 aromatic carbocycles. The molecule has 1 aromatic rings. The number of methoxy groups -OCH3 is 2. The molecule has 0 fully saturated rings. The zero-order valence-electron chi connectivity index (χ0n) is 7.96. The average Bonchev–Trinajstić information content (AvgIpc) is 2.16. The second kappa shape index (κ2) is 3.82. The molecule has 1 rings (SSSR count). The van der Waals surface area contributed by atoms with Crippen LogP contribution < -0.4 is 20.1 Å². The highest BCUT2D eigenvalue weighted by Gasteiger charge is 2.32. The smallest absolute Gasteiger partial charge is 0.437 e. The summed E-state index contributed by atoms with van der Waals surface area (Å²) in [5.41, 5.74) is 4.34. The van der Waals surface area contributed by atoms with Gasteiger partial charge in [-0.1, -0.05) is 0 Å². The molecule has 0 saturated heterocycles. The summed E-state index contributed by atoms with van der Waals surface area (Å²) < 4.78 is 9.13. The minimum atomic E-state index is -0.802. The fraction of sp³-hybridized carbons (Fsp3) is 0.333. The van der Waals surface area contributed by atoms with E-state index in [4.69, 9.17) is 5.73 Å². The van der Waals surface area contributed by atoms with Crippen molar-refractivity contribution in [1.29, 1.82) is 0 Å². The van der Waals surface area contributed by atoms with Crippen molar-refractivity contribution in [3.8, 4) is 11.8 Å². The van der Waals surface area contributed by atoms with Gasteiger partial charge in [-0.05, 0) is 4.85 Å². The summed E-state index contributed by atoms with van der Waals surface area (Å²) in [6.07, 6.45) is 0. The molecule has 0 radical (unpaired) electrons. The fourth-order valence-electron chi connectivity index (χ4n) is 0.997. The third-order valence-electron chi connectivity index (χ3n) is 1.61. The van der Waals surface area contributed by atoms with Gasteiger partial charge in [0, 0.05) is 0 Å². The summed E-state index contributed by atoms with van der Waals surface area (Å²) in [5, 5.41) is 25.0. The molecule has 0 spiro atoms. The largest absolute Gasteiger partial charge is 0.591 e. The highest BCUT2D eigenvalue weighted by atomic mass is 16.6. The van der Waals surface area contributed by atoms with Crippen LogP contribution in [0.15, 0.2) is 0 Å². The standard InChI is InChI=1S/C6H8N4O5/c1-14-5-4(10(12)13)3(7)6(15-2)9(11)8-5/h7H2,1-2H3. The molecule has 1 heterocycles. The molecule has 82 valence electrons. The van der Waals surface area contributed by atoms with E-state index in [9.17, 15) is 15.3 Å². The molecule has 15 heavy (non-hydrogen) atoms. The first kappa shape index (κ1) is 10.8. The Morgan fingerprint density at radius 2 is 2.07 bits per heavy atom. The van der Waals surface area contributed by atoms with Crippen molar-refractivity contribution in [3.05, 3.63) is 15.3 Å². The molecule has 0 aliphatic carbocycles. The van der Waals surface area contributed by atoms with Crippen molar-refractivity contribution in [2.75, 3.05) is 20.0 Å². The van der Waals surface area contributed by atoms with Crippen molar-refractivity contribution < 1.29 is 19.2 Å². The molecule has 0 atom stereocenters. The summed E-state index contributed by atoms with van der Waals surface area (Å²) >= 11 is 0. The van der Waals surface area contributed by atoms with Crippen LogP contribution >= 0.6 is 0 Å². The molecular weight excluding hydrogens is 208 g/mol. The molecule has 0 saturated carbocycles. The van der Waals surface area contributed by atoms with Gasteiger partial charge in [0.05, 0.1) is 24.2 Å². The second-order valence-corrected chi connectivity index (χ2v) is 2.41. The highest BCUT2D eigenvalue weighted by molar-refractivity contribution is 5.66. The van der Waals surface area contributed by atoms with Gasteiger partial charge in [-0.3, -0.25) is 10.1 Å². The monoisotopic (exact) mass is 216 g/mol. The molecule has 0 unspecified atom stereocenters. The van der Waals surface area contributed by atoms with Crippen molar-refractivity contribution in [1.82, 2.24) is 5.10 Å². The number of rotatable bonds is 3. The summed E-state index contributed by atoms with van der Waals surface area (Å²) in [5.74, 6) is -0.907. The summed E-state index contributed by atoms with van der Waals surface area (Å²) in [4.78, 5) is 9.83. The number of hydrogen-bond donors (Lipinski definition) is 1. The number of aromatic nitrogens is 2. The summed E-state index contributed by atoms with van der Waals surface area (Å²) in [6.45, 7) is 0. The van der Waals surface area contributed by atoms with E-state index in [0.717, 1.165) is 14.2 Å². The molecule has 0 amide bonds. The van der Waals surface area contributed by atoms with Crippen LogP contribution in [0.5, 0.6) is 11.8 Å². The van der Waals surface area contributed by atoms with Crippen LogP contribution in [0.1, 0.15) is 0 Å². The molecule has 2 N–H and O–H groups in total. The molecule has 0 aliphatic heterocycles. The number of hydrogen-bond acceptors (Lipinski definition) is 7. The Kier molecular flexibility index (Phi) is 2.74. The van der Waals surface area contributed by atoms with E-state index in [0.29, 0.717) is 0 Å². The number of nitrogens with two attached hydrogens (primary N) is 1. The first-order valence-electron chi connectivity index (χ1n) is 3.68. The lowest BCUT2D eigenvalue weighted by molar-refractivity contribution is -0.674. The lowest BCUT2D eigenvalue weighted by Gasteiger charge is -2.05. The molecule has 1 aromatic heterocycles. The van der Waals surface area contributed by atoms with Gasteiger partial charge in [0.25, 0.3) is 0 Å². The van der Waals surface area contributed by atoms with Gasteiger partial charge >= 0.3 is 17.4 Å². The van der Waals surface area contributed by atoms with Crippen molar-refractivity contribution in [2.24, 2.45) is 0 Å². The lowest BCUT2D eigenvalue weighted by Crippen LogP contribution is -2.34. The maximum atomic E-state index is 11.1. The van der Waals surface area contributed by atoms with Gasteiger partial charge in [-0.25, -0.2) is 0 Å². The Morgan fingerprint density at radius 1 is 1.47 bits per heavy atom. The van der Waals surface area contributed by atoms with Crippen LogP contribution in [-0.2, 0) is 0 Å². The predicted molar refractivity (Wildman–Crippen MR) is 47.4 cm³/mol. The lowest BCUT2D eigenvalue weighted by atomic mass is 10.4. The minimum absolute atomic E-state index is 0.0150. The second-order valence-electron chi connectivity index (χ2n) is 2.41. The fourth-order valence-corrected chi connectivity index (χ4v) is 0.997. The molecule has 0 bridgehead atoms. The first-order valence-corrected chi connectivity index (χ1v) is 3.68. The van der Waals surface area contributed by atoms with Gasteiger partial charge in [0.1, 0.15) is 0 Å². The molecule has 9 heteroatoms. The topological polar surface area (TPSA) is 127 Å². The van der Waals surface area contributed by atoms with E-state index in [-0.39, 0.29) is 4.85 Å². The predicted octanol–water partition coefficient (Wildman–Crippen LogP) is -0.777. The van der Waals surface area contributed by atoms with E-state index in [1.165, 1.54) is 0 Å². The maximum absolute atomic E-state index is 11.1. The van der Waals surface area contributed by atoms with Crippen LogP contribution in [0.25, 0.3) is 0 Å². The van der Waals surface area contributed by atoms with Crippen molar-refractivity contribution in [2.45, 2.75) is 0 Å². The number of ether oxygens (including phenoxy) is 2. The van der Waals surface area contributed by atoms with Gasteiger partial charge in [-0.15, -0.1) is 0 Å². The van der Waals surface area contributed by atoms with Crippen LogP contribution in [0.3, 0.4) is 0 Å². The van der Waals surface area contributed by atoms with Gasteiger partial charge < -0.3 is 20.4 Å². The van der Waals surface area contributed by atoms with Crippen LogP contribution in [0, 0.1) is 15.3 Å². The Morgan fingerprint density at radius 3 is 2.47 bits per heavy atom. The van der Waals surface area contributed by atoms with Gasteiger partial charge in [0.15, 0.2) is 0 Å². The first-order chi connectivity index (χ1) is 7.02. The minimum Gasteiger partial charge on any atom is -0.591 e. The molecule has 0 aliphatic rings. The van der Waals surface area contributed by atoms with Crippen molar-refractivity contribution in [3.63, 3.8) is 0 Å². The van der Waals surface area contributed by atoms with Crippen LogP contribution in [0.4, 0.5) is 11.4 Å². The zero-order valence-corrected chi connectivity index (χ0v) is 7.96. The molecular formula is C6H8N4O5. The Hall–Kier alpha value is -2.32. The quantitative estimate of drug-likeness (QED) is 0.304. The van der Waals surface area contributed by atoms with E-state index in [2.05, 4.69) is 14.6 Å². The summed E-state index contributed by atoms with van der Waals surface area (Å²) in [6, 6.07) is 0. The normalized spacial score (nSPS) is 9.73. The third kappa shape index (κ3) is 1.66. The number of nitrogen functional groups attached to an aromatic ring is 1. The average molecular weight is 216 g/mol. The van der Waals surface area contributed by atoms with E-state index < -0.39 is 28.1 Å². The van der Waals surface area contributed by atoms with Gasteiger partial charge in [0.2, 0.25) is 5.69 Å². The zero-order chi connectivity index (χ0) is 11.6. The number of anilines is 1. The SMILES string of the molecule is COc1n[n+]([O-])c(OC)c(N)c1[N+](=O)[O-].